The van der Waals surface area contributed by atoms with Crippen molar-refractivity contribution in [2.75, 3.05) is 24.5 Å². The second-order valence-electron chi connectivity index (χ2n) is 10.8. The summed E-state index contributed by atoms with van der Waals surface area (Å²) >= 11 is 0. The molecule has 2 aromatic rings. The van der Waals surface area contributed by atoms with E-state index in [-0.39, 0.29) is 17.3 Å². The van der Waals surface area contributed by atoms with Crippen molar-refractivity contribution in [3.63, 3.8) is 0 Å². The van der Waals surface area contributed by atoms with E-state index < -0.39 is 5.97 Å². The number of benzene rings is 1. The minimum Gasteiger partial charge on any atom is -0.476 e. The Morgan fingerprint density at radius 1 is 1.06 bits per heavy atom. The van der Waals surface area contributed by atoms with Crippen LogP contribution in [0.5, 0.6) is 0 Å². The fourth-order valence-corrected chi connectivity index (χ4v) is 6.53. The number of aromatic nitrogens is 2. The van der Waals surface area contributed by atoms with Crippen LogP contribution in [-0.2, 0) is 6.54 Å². The zero-order valence-electron chi connectivity index (χ0n) is 21.1. The van der Waals surface area contributed by atoms with Crippen molar-refractivity contribution in [3.05, 3.63) is 47.3 Å². The summed E-state index contributed by atoms with van der Waals surface area (Å²) in [6, 6.07) is 9.19. The lowest BCUT2D eigenvalue weighted by atomic mass is 9.84. The van der Waals surface area contributed by atoms with Gasteiger partial charge in [0, 0.05) is 49.1 Å². The molecule has 8 nitrogen and oxygen atoms in total. The highest BCUT2D eigenvalue weighted by Gasteiger charge is 2.44. The summed E-state index contributed by atoms with van der Waals surface area (Å²) in [5.41, 5.74) is 4.13. The van der Waals surface area contributed by atoms with Crippen molar-refractivity contribution >= 4 is 17.7 Å². The highest BCUT2D eigenvalue weighted by Crippen LogP contribution is 2.41. The van der Waals surface area contributed by atoms with Crippen molar-refractivity contribution in [2.45, 2.75) is 83.5 Å². The number of hydrogen-bond donors (Lipinski definition) is 1. The number of nitrogens with zero attached hydrogens (tertiary/aromatic N) is 5. The zero-order valence-corrected chi connectivity index (χ0v) is 21.1. The summed E-state index contributed by atoms with van der Waals surface area (Å²) in [4.78, 5) is 31.1. The largest absolute Gasteiger partial charge is 0.476 e. The summed E-state index contributed by atoms with van der Waals surface area (Å²) in [6.45, 7) is 10.2. The number of rotatable bonds is 4. The van der Waals surface area contributed by atoms with E-state index in [0.717, 1.165) is 37.0 Å². The molecule has 3 aliphatic rings. The number of aromatic carboxylic acids is 1. The third kappa shape index (κ3) is 4.44. The highest BCUT2D eigenvalue weighted by atomic mass is 16.4. The van der Waals surface area contributed by atoms with Gasteiger partial charge in [-0.2, -0.15) is 9.78 Å². The average molecular weight is 480 g/mol. The number of carbonyl (C=O) groups is 2. The Labute approximate surface area is 207 Å². The molecule has 3 fully saturated rings. The first-order valence-corrected chi connectivity index (χ1v) is 13.0. The van der Waals surface area contributed by atoms with Gasteiger partial charge in [0.1, 0.15) is 0 Å². The van der Waals surface area contributed by atoms with E-state index in [1.165, 1.54) is 48.3 Å². The molecule has 0 radical (unpaired) electrons. The Hall–Kier alpha value is -2.87. The molecule has 0 saturated carbocycles. The molecule has 1 N–H and O–H groups in total. The zero-order chi connectivity index (χ0) is 24.7. The molecule has 0 bridgehead atoms. The summed E-state index contributed by atoms with van der Waals surface area (Å²) in [6.07, 6.45) is 8.15. The minimum atomic E-state index is -1.12. The fourth-order valence-electron chi connectivity index (χ4n) is 6.53. The predicted octanol–water partition coefficient (Wildman–Crippen LogP) is 4.37. The lowest BCUT2D eigenvalue weighted by Crippen LogP contribution is -2.53. The van der Waals surface area contributed by atoms with Gasteiger partial charge >= 0.3 is 12.0 Å². The number of carboxylic acids is 1. The number of carbonyl (C=O) groups excluding carboxylic acids is 1. The molecule has 3 saturated heterocycles. The van der Waals surface area contributed by atoms with Gasteiger partial charge in [0.15, 0.2) is 5.69 Å². The predicted molar refractivity (Wildman–Crippen MR) is 135 cm³/mol. The Kier molecular flexibility index (Phi) is 6.34. The van der Waals surface area contributed by atoms with Gasteiger partial charge in [0.05, 0.1) is 0 Å². The van der Waals surface area contributed by atoms with Crippen LogP contribution < -0.4 is 4.90 Å². The van der Waals surface area contributed by atoms with E-state index in [0.29, 0.717) is 25.2 Å². The van der Waals surface area contributed by atoms with Crippen LogP contribution in [0.3, 0.4) is 0 Å². The number of piperidine rings is 1. The van der Waals surface area contributed by atoms with Crippen LogP contribution in [0.4, 0.5) is 10.5 Å². The molecule has 4 heterocycles. The van der Waals surface area contributed by atoms with Gasteiger partial charge < -0.3 is 14.9 Å². The molecule has 1 spiro atoms. The number of amides is 1. The molecule has 8 heteroatoms. The minimum absolute atomic E-state index is 0.107. The van der Waals surface area contributed by atoms with E-state index in [1.807, 2.05) is 4.90 Å². The molecule has 5 rings (SSSR count). The molecule has 2 atom stereocenters. The van der Waals surface area contributed by atoms with Crippen molar-refractivity contribution in [2.24, 2.45) is 0 Å². The van der Waals surface area contributed by atoms with Crippen LogP contribution in [0.2, 0.25) is 0 Å². The number of carboxylic acid groups (broad SMARTS) is 1. The Balaban J connectivity index is 1.30. The Morgan fingerprint density at radius 2 is 1.77 bits per heavy atom. The monoisotopic (exact) mass is 479 g/mol. The molecule has 35 heavy (non-hydrogen) atoms. The van der Waals surface area contributed by atoms with Crippen LogP contribution in [0.1, 0.15) is 74.0 Å². The number of anilines is 1. The lowest BCUT2D eigenvalue weighted by molar-refractivity contribution is 0.0585. The Morgan fingerprint density at radius 3 is 2.43 bits per heavy atom. The molecule has 1 aromatic carbocycles. The average Bonchev–Trinajstić information content (AvgIpc) is 3.55. The summed E-state index contributed by atoms with van der Waals surface area (Å²) < 4.78 is 1.16. The Bertz CT molecular complexity index is 1090. The van der Waals surface area contributed by atoms with E-state index >= 15 is 0 Å². The van der Waals surface area contributed by atoms with Crippen molar-refractivity contribution in [1.29, 1.82) is 0 Å². The van der Waals surface area contributed by atoms with E-state index in [4.69, 9.17) is 5.11 Å². The maximum Gasteiger partial charge on any atom is 0.356 e. The first kappa shape index (κ1) is 23.9. The second kappa shape index (κ2) is 9.30. The lowest BCUT2D eigenvalue weighted by Gasteiger charge is -2.45. The maximum atomic E-state index is 12.9. The number of hydrogen-bond acceptors (Lipinski definition) is 5. The molecule has 3 aliphatic heterocycles. The summed E-state index contributed by atoms with van der Waals surface area (Å²) in [5, 5.41) is 13.0. The molecule has 0 aliphatic carbocycles. The van der Waals surface area contributed by atoms with Crippen molar-refractivity contribution in [3.8, 4) is 0 Å². The first-order chi connectivity index (χ1) is 16.8. The van der Waals surface area contributed by atoms with E-state index in [1.54, 1.807) is 0 Å². The first-order valence-electron chi connectivity index (χ1n) is 13.0. The highest BCUT2D eigenvalue weighted by molar-refractivity contribution is 5.86. The van der Waals surface area contributed by atoms with Gasteiger partial charge in [0.25, 0.3) is 0 Å². The second-order valence-corrected chi connectivity index (χ2v) is 10.8. The van der Waals surface area contributed by atoms with E-state index in [2.05, 4.69) is 53.9 Å². The van der Waals surface area contributed by atoms with Gasteiger partial charge in [-0.05, 0) is 89.1 Å². The van der Waals surface area contributed by atoms with Crippen LogP contribution in [0.15, 0.2) is 30.5 Å². The van der Waals surface area contributed by atoms with Crippen LogP contribution >= 0.6 is 0 Å². The van der Waals surface area contributed by atoms with Gasteiger partial charge in [-0.1, -0.05) is 12.1 Å². The maximum absolute atomic E-state index is 12.9. The van der Waals surface area contributed by atoms with Gasteiger partial charge in [-0.3, -0.25) is 4.90 Å². The molecular formula is C27H37N5O3. The fraction of sp³-hybridized carbons (Fsp3) is 0.593. The summed E-state index contributed by atoms with van der Waals surface area (Å²) in [7, 11) is 0. The summed E-state index contributed by atoms with van der Waals surface area (Å²) in [5.74, 6) is -1.12. The number of likely N-dealkylation sites (tertiary alicyclic amines) is 2. The van der Waals surface area contributed by atoms with Crippen molar-refractivity contribution in [1.82, 2.24) is 19.6 Å². The van der Waals surface area contributed by atoms with Gasteiger partial charge in [0.2, 0.25) is 0 Å². The SMILES string of the molecule is Cc1ccc(CN2CCCC23CCN(C(=O)n2ccc(C(=O)O)n2)CC3)c(N2[C@@H](C)CC[C@@H]2C)c1. The van der Waals surface area contributed by atoms with Crippen molar-refractivity contribution < 1.29 is 14.7 Å². The normalized spacial score (nSPS) is 24.4. The smallest absolute Gasteiger partial charge is 0.356 e. The van der Waals surface area contributed by atoms with Gasteiger partial charge in [-0.25, -0.2) is 9.59 Å². The molecule has 0 unspecified atom stereocenters. The molecule has 188 valence electrons. The van der Waals surface area contributed by atoms with Crippen LogP contribution in [0, 0.1) is 6.92 Å². The molecule has 1 amide bonds. The molecular weight excluding hydrogens is 442 g/mol. The number of aryl methyl sites for hydroxylation is 1. The standard InChI is InChI=1S/C27H37N5O3/c1-19-5-8-22(24(17-19)32-20(2)6-7-21(32)3)18-30-13-4-10-27(30)11-15-29(16-12-27)26(35)31-14-9-23(28-31)25(33)34/h5,8-9,14,17,20-21H,4,6-7,10-13,15-16,18H2,1-3H3,(H,33,34)/t20-,21-/m0/s1. The van der Waals surface area contributed by atoms with Crippen LogP contribution in [0.25, 0.3) is 0 Å². The quantitative estimate of drug-likeness (QED) is 0.702. The van der Waals surface area contributed by atoms with E-state index in [9.17, 15) is 9.59 Å². The van der Waals surface area contributed by atoms with Gasteiger partial charge in [-0.15, -0.1) is 0 Å². The third-order valence-corrected chi connectivity index (χ3v) is 8.54. The van der Waals surface area contributed by atoms with Crippen LogP contribution in [-0.4, -0.2) is 73.9 Å². The third-order valence-electron chi connectivity index (χ3n) is 8.54. The topological polar surface area (TPSA) is 81.9 Å². The molecule has 1 aromatic heterocycles.